The van der Waals surface area contributed by atoms with Crippen LogP contribution < -0.4 is 4.90 Å². The van der Waals surface area contributed by atoms with Crippen LogP contribution in [0.25, 0.3) is 10.8 Å². The number of ether oxygens (including phenoxy) is 1. The molecular weight excluding hydrogens is 314 g/mol. The van der Waals surface area contributed by atoms with Gasteiger partial charge >= 0.3 is 5.97 Å². The van der Waals surface area contributed by atoms with E-state index < -0.39 is 5.60 Å². The molecule has 2 aromatic rings. The maximum Gasteiger partial charge on any atom is 0.306 e. The van der Waals surface area contributed by atoms with Crippen LogP contribution in [0, 0.1) is 0 Å². The summed E-state index contributed by atoms with van der Waals surface area (Å²) in [7, 11) is 0. The standard InChI is InChI=1S/C21H25NO3/c1-5-14-12-15-8-6-9-17-19(15)16(13-14)20(24)22(17)11-7-10-18(23)25-21(2,3)4/h6,8-9,12-13H,5,7,10-11H2,1-4H3. The number of carbonyl (C=O) groups excluding carboxylic acids is 2. The van der Waals surface area contributed by atoms with Crippen molar-refractivity contribution in [2.75, 3.05) is 11.4 Å². The maximum atomic E-state index is 12.9. The largest absolute Gasteiger partial charge is 0.460 e. The van der Waals surface area contributed by atoms with Gasteiger partial charge in [-0.3, -0.25) is 9.59 Å². The van der Waals surface area contributed by atoms with Gasteiger partial charge in [-0.1, -0.05) is 25.1 Å². The highest BCUT2D eigenvalue weighted by atomic mass is 16.6. The summed E-state index contributed by atoms with van der Waals surface area (Å²) in [6.07, 6.45) is 1.80. The quantitative estimate of drug-likeness (QED) is 0.754. The van der Waals surface area contributed by atoms with Gasteiger partial charge in [0.2, 0.25) is 0 Å². The monoisotopic (exact) mass is 339 g/mol. The van der Waals surface area contributed by atoms with Crippen LogP contribution in [0.5, 0.6) is 0 Å². The molecule has 0 radical (unpaired) electrons. The van der Waals surface area contributed by atoms with Crippen LogP contribution >= 0.6 is 0 Å². The lowest BCUT2D eigenvalue weighted by atomic mass is 10.0. The highest BCUT2D eigenvalue weighted by molar-refractivity contribution is 6.25. The van der Waals surface area contributed by atoms with Crippen molar-refractivity contribution in [2.45, 2.75) is 52.6 Å². The lowest BCUT2D eigenvalue weighted by molar-refractivity contribution is -0.154. The number of anilines is 1. The molecule has 0 fully saturated rings. The Hall–Kier alpha value is -2.36. The average molecular weight is 339 g/mol. The fourth-order valence-corrected chi connectivity index (χ4v) is 3.32. The van der Waals surface area contributed by atoms with Crippen LogP contribution in [0.4, 0.5) is 5.69 Å². The van der Waals surface area contributed by atoms with Crippen LogP contribution in [0.3, 0.4) is 0 Å². The summed E-state index contributed by atoms with van der Waals surface area (Å²) in [5.74, 6) is -0.186. The number of hydrogen-bond donors (Lipinski definition) is 0. The van der Waals surface area contributed by atoms with Crippen molar-refractivity contribution in [1.29, 1.82) is 0 Å². The second kappa shape index (κ2) is 6.51. The molecule has 1 aliphatic rings. The second-order valence-corrected chi connectivity index (χ2v) is 7.52. The van der Waals surface area contributed by atoms with Crippen LogP contribution in [0.2, 0.25) is 0 Å². The Kier molecular flexibility index (Phi) is 4.55. The van der Waals surface area contributed by atoms with Crippen molar-refractivity contribution in [3.05, 3.63) is 41.5 Å². The third-order valence-electron chi connectivity index (χ3n) is 4.37. The number of aryl methyl sites for hydroxylation is 1. The van der Waals surface area contributed by atoms with E-state index >= 15 is 0 Å². The molecule has 1 heterocycles. The Morgan fingerprint density at radius 1 is 1.20 bits per heavy atom. The molecule has 0 bridgehead atoms. The Morgan fingerprint density at radius 2 is 1.96 bits per heavy atom. The summed E-state index contributed by atoms with van der Waals surface area (Å²) in [6, 6.07) is 10.2. The van der Waals surface area contributed by atoms with Crippen LogP contribution in [-0.4, -0.2) is 24.0 Å². The fourth-order valence-electron chi connectivity index (χ4n) is 3.32. The van der Waals surface area contributed by atoms with Crippen LogP contribution in [-0.2, 0) is 16.0 Å². The van der Waals surface area contributed by atoms with Gasteiger partial charge in [-0.15, -0.1) is 0 Å². The number of amides is 1. The summed E-state index contributed by atoms with van der Waals surface area (Å²) < 4.78 is 5.34. The number of esters is 1. The first-order valence-corrected chi connectivity index (χ1v) is 8.89. The number of carbonyl (C=O) groups is 2. The van der Waals surface area contributed by atoms with Gasteiger partial charge in [0.25, 0.3) is 5.91 Å². The number of hydrogen-bond acceptors (Lipinski definition) is 3. The predicted molar refractivity (Wildman–Crippen MR) is 100 cm³/mol. The van der Waals surface area contributed by atoms with Crippen molar-refractivity contribution in [2.24, 2.45) is 0 Å². The summed E-state index contributed by atoms with van der Waals surface area (Å²) >= 11 is 0. The van der Waals surface area contributed by atoms with E-state index in [0.29, 0.717) is 19.4 Å². The zero-order valence-electron chi connectivity index (χ0n) is 15.4. The SMILES string of the molecule is CCc1cc2c3c(cccc3c1)N(CCCC(=O)OC(C)(C)C)C2=O. The Balaban J connectivity index is 1.76. The van der Waals surface area contributed by atoms with Crippen LogP contribution in [0.15, 0.2) is 30.3 Å². The lowest BCUT2D eigenvalue weighted by Gasteiger charge is -2.20. The lowest BCUT2D eigenvalue weighted by Crippen LogP contribution is -2.29. The molecule has 2 aromatic carbocycles. The van der Waals surface area contributed by atoms with Gasteiger partial charge in [-0.25, -0.2) is 0 Å². The number of rotatable bonds is 5. The van der Waals surface area contributed by atoms with Gasteiger partial charge in [0, 0.05) is 18.4 Å². The molecule has 1 aliphatic heterocycles. The van der Waals surface area contributed by atoms with Crippen molar-refractivity contribution in [1.82, 2.24) is 0 Å². The molecule has 4 nitrogen and oxygen atoms in total. The Labute approximate surface area is 148 Å². The average Bonchev–Trinajstić information content (AvgIpc) is 2.80. The normalized spacial score (nSPS) is 13.6. The zero-order chi connectivity index (χ0) is 18.2. The maximum absolute atomic E-state index is 12.9. The van der Waals surface area contributed by atoms with Gasteiger partial charge in [0.15, 0.2) is 0 Å². The third-order valence-corrected chi connectivity index (χ3v) is 4.37. The molecule has 4 heteroatoms. The fraction of sp³-hybridized carbons (Fsp3) is 0.429. The molecule has 0 atom stereocenters. The molecule has 0 aliphatic carbocycles. The van der Waals surface area contributed by atoms with Crippen molar-refractivity contribution >= 4 is 28.3 Å². The minimum absolute atomic E-state index is 0.0330. The van der Waals surface area contributed by atoms with Crippen molar-refractivity contribution in [3.63, 3.8) is 0 Å². The molecule has 1 amide bonds. The van der Waals surface area contributed by atoms with E-state index in [1.165, 1.54) is 5.56 Å². The predicted octanol–water partition coefficient (Wildman–Crippen LogP) is 4.48. The Morgan fingerprint density at radius 3 is 2.64 bits per heavy atom. The van der Waals surface area contributed by atoms with E-state index in [2.05, 4.69) is 19.1 Å². The van der Waals surface area contributed by atoms with E-state index in [1.54, 1.807) is 4.90 Å². The highest BCUT2D eigenvalue weighted by Crippen LogP contribution is 2.38. The van der Waals surface area contributed by atoms with E-state index in [4.69, 9.17) is 4.74 Å². The number of nitrogens with zero attached hydrogens (tertiary/aromatic N) is 1. The summed E-state index contributed by atoms with van der Waals surface area (Å²) in [5, 5.41) is 2.14. The second-order valence-electron chi connectivity index (χ2n) is 7.52. The van der Waals surface area contributed by atoms with E-state index in [1.807, 2.05) is 39.0 Å². The van der Waals surface area contributed by atoms with Gasteiger partial charge in [0.1, 0.15) is 5.60 Å². The van der Waals surface area contributed by atoms with Gasteiger partial charge in [-0.2, -0.15) is 0 Å². The molecule has 0 N–H and O–H groups in total. The van der Waals surface area contributed by atoms with E-state index in [-0.39, 0.29) is 11.9 Å². The highest BCUT2D eigenvalue weighted by Gasteiger charge is 2.30. The van der Waals surface area contributed by atoms with Crippen LogP contribution in [0.1, 0.15) is 56.5 Å². The first-order chi connectivity index (χ1) is 11.8. The molecule has 0 unspecified atom stereocenters. The third kappa shape index (κ3) is 3.53. The van der Waals surface area contributed by atoms with Gasteiger partial charge in [-0.05, 0) is 56.7 Å². The topological polar surface area (TPSA) is 46.6 Å². The molecule has 132 valence electrons. The smallest absolute Gasteiger partial charge is 0.306 e. The summed E-state index contributed by atoms with van der Waals surface area (Å²) in [5.41, 5.74) is 2.43. The first kappa shape index (κ1) is 17.5. The first-order valence-electron chi connectivity index (χ1n) is 8.89. The Bertz CT molecular complexity index is 833. The molecule has 0 aromatic heterocycles. The minimum atomic E-state index is -0.473. The molecule has 3 rings (SSSR count). The zero-order valence-corrected chi connectivity index (χ0v) is 15.4. The summed E-state index contributed by atoms with van der Waals surface area (Å²) in [6.45, 7) is 8.19. The van der Waals surface area contributed by atoms with E-state index in [9.17, 15) is 9.59 Å². The molecule has 0 saturated carbocycles. The van der Waals surface area contributed by atoms with Crippen molar-refractivity contribution < 1.29 is 14.3 Å². The minimum Gasteiger partial charge on any atom is -0.460 e. The van der Waals surface area contributed by atoms with Crippen molar-refractivity contribution in [3.8, 4) is 0 Å². The van der Waals surface area contributed by atoms with Gasteiger partial charge in [0.05, 0.1) is 11.3 Å². The van der Waals surface area contributed by atoms with Gasteiger partial charge < -0.3 is 9.64 Å². The molecule has 25 heavy (non-hydrogen) atoms. The molecule has 0 saturated heterocycles. The molecule has 0 spiro atoms. The molecular formula is C21H25NO3. The van der Waals surface area contributed by atoms with E-state index in [0.717, 1.165) is 28.4 Å². The summed E-state index contributed by atoms with van der Waals surface area (Å²) in [4.78, 5) is 26.5. The number of benzene rings is 2.